The number of pyridine rings is 1. The highest BCUT2D eigenvalue weighted by Crippen LogP contribution is 2.01. The zero-order valence-corrected chi connectivity index (χ0v) is 15.0. The molecule has 1 aromatic carbocycles. The second-order valence-corrected chi connectivity index (χ2v) is 5.94. The van der Waals surface area contributed by atoms with Crippen LogP contribution in [0.3, 0.4) is 0 Å². The van der Waals surface area contributed by atoms with E-state index in [1.54, 1.807) is 20.0 Å². The molecular weight excluding hydrogens is 332 g/mol. The molecule has 0 spiro atoms. The maximum Gasteiger partial charge on any atom is 0.274 e. The van der Waals surface area contributed by atoms with E-state index >= 15 is 0 Å². The molecule has 7 nitrogen and oxygen atoms in total. The molecule has 0 saturated carbocycles. The lowest BCUT2D eigenvalue weighted by molar-refractivity contribution is -0.121. The standard InChI is InChI=1S/C19H24N4O3/c1-14(20-2)18(25)22-16-9-6-12-23(19(16)26)13-17(24)21-11-10-15-7-4-3-5-8-15/h3-9,12,14,20H,10-11,13H2,1-2H3,(H,21,24)(H,22,25)/t14-/m0/s1. The van der Waals surface area contributed by atoms with E-state index in [9.17, 15) is 14.4 Å². The fourth-order valence-corrected chi connectivity index (χ4v) is 2.33. The maximum atomic E-state index is 12.4. The Hall–Kier alpha value is -2.93. The number of benzene rings is 1. The number of aromatic nitrogens is 1. The number of carbonyl (C=O) groups excluding carboxylic acids is 2. The van der Waals surface area contributed by atoms with Gasteiger partial charge >= 0.3 is 0 Å². The monoisotopic (exact) mass is 356 g/mol. The Balaban J connectivity index is 1.92. The third kappa shape index (κ3) is 5.56. The summed E-state index contributed by atoms with van der Waals surface area (Å²) in [4.78, 5) is 36.4. The molecule has 0 aliphatic carbocycles. The van der Waals surface area contributed by atoms with Gasteiger partial charge in [-0.15, -0.1) is 0 Å². The Morgan fingerprint density at radius 3 is 2.54 bits per heavy atom. The molecule has 1 heterocycles. The molecule has 0 aliphatic rings. The van der Waals surface area contributed by atoms with Crippen molar-refractivity contribution < 1.29 is 9.59 Å². The van der Waals surface area contributed by atoms with Crippen LogP contribution in [0.25, 0.3) is 0 Å². The Bertz CT molecular complexity index is 802. The minimum absolute atomic E-state index is 0.0983. The molecule has 26 heavy (non-hydrogen) atoms. The van der Waals surface area contributed by atoms with Gasteiger partial charge in [0.2, 0.25) is 11.8 Å². The van der Waals surface area contributed by atoms with Crippen molar-refractivity contribution >= 4 is 17.5 Å². The molecule has 3 N–H and O–H groups in total. The van der Waals surface area contributed by atoms with Gasteiger partial charge in [0, 0.05) is 12.7 Å². The SMILES string of the molecule is CN[C@@H](C)C(=O)Nc1cccn(CC(=O)NCCc2ccccc2)c1=O. The van der Waals surface area contributed by atoms with E-state index in [4.69, 9.17) is 0 Å². The van der Waals surface area contributed by atoms with Gasteiger partial charge in [0.25, 0.3) is 5.56 Å². The van der Waals surface area contributed by atoms with Crippen LogP contribution in [0.1, 0.15) is 12.5 Å². The van der Waals surface area contributed by atoms with Crippen LogP contribution in [-0.2, 0) is 22.6 Å². The van der Waals surface area contributed by atoms with E-state index in [-0.39, 0.29) is 24.0 Å². The molecule has 0 saturated heterocycles. The lowest BCUT2D eigenvalue weighted by Gasteiger charge is -2.12. The number of nitrogens with one attached hydrogen (secondary N) is 3. The summed E-state index contributed by atoms with van der Waals surface area (Å²) in [6.45, 7) is 2.09. The topological polar surface area (TPSA) is 92.2 Å². The molecule has 1 atom stereocenters. The van der Waals surface area contributed by atoms with Crippen molar-refractivity contribution in [2.75, 3.05) is 18.9 Å². The first-order valence-electron chi connectivity index (χ1n) is 8.49. The van der Waals surface area contributed by atoms with E-state index in [0.29, 0.717) is 6.54 Å². The summed E-state index contributed by atoms with van der Waals surface area (Å²) in [7, 11) is 1.66. The lowest BCUT2D eigenvalue weighted by Crippen LogP contribution is -2.38. The third-order valence-corrected chi connectivity index (χ3v) is 4.00. The van der Waals surface area contributed by atoms with Crippen LogP contribution in [0.15, 0.2) is 53.5 Å². The third-order valence-electron chi connectivity index (χ3n) is 4.00. The lowest BCUT2D eigenvalue weighted by atomic mass is 10.1. The van der Waals surface area contributed by atoms with Crippen LogP contribution in [0.4, 0.5) is 5.69 Å². The quantitative estimate of drug-likeness (QED) is 0.651. The van der Waals surface area contributed by atoms with E-state index < -0.39 is 11.6 Å². The Kier molecular flexibility index (Phi) is 7.11. The smallest absolute Gasteiger partial charge is 0.274 e. The van der Waals surface area contributed by atoms with Crippen LogP contribution < -0.4 is 21.5 Å². The van der Waals surface area contributed by atoms with Gasteiger partial charge in [0.1, 0.15) is 12.2 Å². The fourth-order valence-electron chi connectivity index (χ4n) is 2.33. The summed E-state index contributed by atoms with van der Waals surface area (Å²) in [6.07, 6.45) is 2.25. The van der Waals surface area contributed by atoms with Crippen molar-refractivity contribution in [3.8, 4) is 0 Å². The van der Waals surface area contributed by atoms with Crippen molar-refractivity contribution in [1.82, 2.24) is 15.2 Å². The molecule has 2 rings (SSSR count). The van der Waals surface area contributed by atoms with Gasteiger partial charge in [0.15, 0.2) is 0 Å². The molecule has 2 aromatic rings. The Morgan fingerprint density at radius 1 is 1.12 bits per heavy atom. The van der Waals surface area contributed by atoms with Crippen LogP contribution in [-0.4, -0.2) is 36.0 Å². The second-order valence-electron chi connectivity index (χ2n) is 5.94. The van der Waals surface area contributed by atoms with Gasteiger partial charge in [-0.05, 0) is 38.1 Å². The zero-order valence-electron chi connectivity index (χ0n) is 15.0. The number of amides is 2. The Morgan fingerprint density at radius 2 is 1.85 bits per heavy atom. The fraction of sp³-hybridized carbons (Fsp3) is 0.316. The molecule has 0 fully saturated rings. The molecule has 138 valence electrons. The summed E-state index contributed by atoms with van der Waals surface area (Å²) >= 11 is 0. The van der Waals surface area contributed by atoms with Crippen LogP contribution >= 0.6 is 0 Å². The summed E-state index contributed by atoms with van der Waals surface area (Å²) < 4.78 is 1.28. The summed E-state index contributed by atoms with van der Waals surface area (Å²) in [5.74, 6) is -0.565. The van der Waals surface area contributed by atoms with Crippen LogP contribution in [0.2, 0.25) is 0 Å². The number of anilines is 1. The number of likely N-dealkylation sites (N-methyl/N-ethyl adjacent to an activating group) is 1. The molecule has 0 bridgehead atoms. The number of rotatable bonds is 8. The van der Waals surface area contributed by atoms with Gasteiger partial charge in [-0.2, -0.15) is 0 Å². The first-order chi connectivity index (χ1) is 12.5. The minimum Gasteiger partial charge on any atom is -0.354 e. The van der Waals surface area contributed by atoms with Crippen molar-refractivity contribution in [2.45, 2.75) is 25.9 Å². The molecule has 0 radical (unpaired) electrons. The highest BCUT2D eigenvalue weighted by atomic mass is 16.2. The van der Waals surface area contributed by atoms with Crippen molar-refractivity contribution in [2.24, 2.45) is 0 Å². The first-order valence-corrected chi connectivity index (χ1v) is 8.49. The molecule has 1 aromatic heterocycles. The molecular formula is C19H24N4O3. The number of hydrogen-bond acceptors (Lipinski definition) is 4. The predicted molar refractivity (Wildman–Crippen MR) is 101 cm³/mol. The molecule has 0 unspecified atom stereocenters. The first kappa shape index (κ1) is 19.4. The molecule has 7 heteroatoms. The van der Waals surface area contributed by atoms with Crippen molar-refractivity contribution in [3.05, 3.63) is 64.6 Å². The normalized spacial score (nSPS) is 11.6. The average molecular weight is 356 g/mol. The molecule has 0 aliphatic heterocycles. The Labute approximate surface area is 152 Å². The van der Waals surface area contributed by atoms with Gasteiger partial charge in [-0.1, -0.05) is 30.3 Å². The van der Waals surface area contributed by atoms with E-state index in [1.165, 1.54) is 16.8 Å². The van der Waals surface area contributed by atoms with Gasteiger partial charge < -0.3 is 20.5 Å². The maximum absolute atomic E-state index is 12.4. The minimum atomic E-state index is -0.427. The van der Waals surface area contributed by atoms with E-state index in [0.717, 1.165) is 12.0 Å². The zero-order chi connectivity index (χ0) is 18.9. The number of nitrogens with zero attached hydrogens (tertiary/aromatic N) is 1. The van der Waals surface area contributed by atoms with E-state index in [2.05, 4.69) is 16.0 Å². The summed E-state index contributed by atoms with van der Waals surface area (Å²) in [5, 5.41) is 8.17. The van der Waals surface area contributed by atoms with Crippen LogP contribution in [0.5, 0.6) is 0 Å². The van der Waals surface area contributed by atoms with Gasteiger partial charge in [-0.25, -0.2) is 0 Å². The average Bonchev–Trinajstić information content (AvgIpc) is 2.65. The van der Waals surface area contributed by atoms with Gasteiger partial charge in [0.05, 0.1) is 6.04 Å². The summed E-state index contributed by atoms with van der Waals surface area (Å²) in [6, 6.07) is 12.5. The van der Waals surface area contributed by atoms with Crippen molar-refractivity contribution in [3.63, 3.8) is 0 Å². The second kappa shape index (κ2) is 9.53. The highest BCUT2D eigenvalue weighted by Gasteiger charge is 2.13. The molecule has 2 amide bonds. The predicted octanol–water partition coefficient (Wildman–Crippen LogP) is 0.754. The van der Waals surface area contributed by atoms with E-state index in [1.807, 2.05) is 30.3 Å². The van der Waals surface area contributed by atoms with Gasteiger partial charge in [-0.3, -0.25) is 14.4 Å². The van der Waals surface area contributed by atoms with Crippen molar-refractivity contribution in [1.29, 1.82) is 0 Å². The number of hydrogen-bond donors (Lipinski definition) is 3. The number of carbonyl (C=O) groups is 2. The van der Waals surface area contributed by atoms with Crippen LogP contribution in [0, 0.1) is 0 Å². The largest absolute Gasteiger partial charge is 0.354 e. The summed E-state index contributed by atoms with van der Waals surface area (Å²) in [5.41, 5.74) is 0.868. The highest BCUT2D eigenvalue weighted by molar-refractivity contribution is 5.94.